The van der Waals surface area contributed by atoms with Crippen LogP contribution in [0.4, 0.5) is 0 Å². The van der Waals surface area contributed by atoms with E-state index >= 15 is 0 Å². The third-order valence-corrected chi connectivity index (χ3v) is 6.28. The van der Waals surface area contributed by atoms with Gasteiger partial charge in [0.1, 0.15) is 4.21 Å². The Morgan fingerprint density at radius 2 is 2.05 bits per heavy atom. The van der Waals surface area contributed by atoms with Gasteiger partial charge in [0.25, 0.3) is 0 Å². The highest BCUT2D eigenvalue weighted by Gasteiger charge is 2.17. The number of aliphatic hydroxyl groups excluding tert-OH is 1. The van der Waals surface area contributed by atoms with Gasteiger partial charge in [-0.2, -0.15) is 0 Å². The smallest absolute Gasteiger partial charge is 0.250 e. The van der Waals surface area contributed by atoms with Gasteiger partial charge in [0.05, 0.1) is 0 Å². The van der Waals surface area contributed by atoms with E-state index in [9.17, 15) is 8.42 Å². The average Bonchev–Trinajstić information content (AvgIpc) is 3.00. The molecule has 0 atom stereocenters. The summed E-state index contributed by atoms with van der Waals surface area (Å²) >= 11 is 1.22. The fourth-order valence-corrected chi connectivity index (χ4v) is 4.57. The van der Waals surface area contributed by atoms with Crippen molar-refractivity contribution < 1.29 is 13.5 Å². The molecule has 0 spiro atoms. The molecule has 1 aliphatic rings. The van der Waals surface area contributed by atoms with Crippen LogP contribution in [0.5, 0.6) is 0 Å². The third-order valence-electron chi connectivity index (χ3n) is 3.18. The molecule has 5 nitrogen and oxygen atoms in total. The second-order valence-electron chi connectivity index (χ2n) is 4.64. The maximum atomic E-state index is 12.0. The number of hydrogen-bond donors (Lipinski definition) is 2. The Labute approximate surface area is 118 Å². The van der Waals surface area contributed by atoms with Crippen molar-refractivity contribution in [3.05, 3.63) is 17.0 Å². The second kappa shape index (κ2) is 6.81. The van der Waals surface area contributed by atoms with Crippen molar-refractivity contribution in [3.8, 4) is 0 Å². The molecule has 2 heterocycles. The maximum absolute atomic E-state index is 12.0. The van der Waals surface area contributed by atoms with Gasteiger partial charge in [0.15, 0.2) is 0 Å². The minimum absolute atomic E-state index is 0.0440. The molecule has 0 aromatic carbocycles. The Hall–Kier alpha value is -0.470. The summed E-state index contributed by atoms with van der Waals surface area (Å²) in [5.41, 5.74) is 0. The molecule has 7 heteroatoms. The van der Waals surface area contributed by atoms with Crippen molar-refractivity contribution >= 4 is 21.4 Å². The lowest BCUT2D eigenvalue weighted by molar-refractivity contribution is 0.300. The summed E-state index contributed by atoms with van der Waals surface area (Å²) in [5.74, 6) is 0. The van der Waals surface area contributed by atoms with E-state index < -0.39 is 10.0 Å². The highest BCUT2D eigenvalue weighted by molar-refractivity contribution is 7.91. The average molecular weight is 304 g/mol. The second-order valence-corrected chi connectivity index (χ2v) is 7.80. The van der Waals surface area contributed by atoms with Gasteiger partial charge in [-0.1, -0.05) is 0 Å². The molecule has 1 saturated heterocycles. The summed E-state index contributed by atoms with van der Waals surface area (Å²) in [6.07, 6.45) is 2.93. The molecule has 19 heavy (non-hydrogen) atoms. The Morgan fingerprint density at radius 1 is 1.32 bits per heavy atom. The number of nitrogens with zero attached hydrogens (tertiary/aromatic N) is 1. The normalized spacial score (nSPS) is 17.1. The van der Waals surface area contributed by atoms with Crippen molar-refractivity contribution in [2.45, 2.75) is 23.5 Å². The van der Waals surface area contributed by atoms with Crippen LogP contribution in [0.25, 0.3) is 0 Å². The zero-order valence-electron chi connectivity index (χ0n) is 10.8. The fraction of sp³-hybridized carbons (Fsp3) is 0.667. The number of thiophene rings is 1. The zero-order chi connectivity index (χ0) is 13.7. The maximum Gasteiger partial charge on any atom is 0.250 e. The first-order valence-corrected chi connectivity index (χ1v) is 8.83. The van der Waals surface area contributed by atoms with Crippen LogP contribution in [0.3, 0.4) is 0 Å². The highest BCUT2D eigenvalue weighted by Crippen LogP contribution is 2.21. The quantitative estimate of drug-likeness (QED) is 0.776. The van der Waals surface area contributed by atoms with E-state index in [2.05, 4.69) is 9.62 Å². The van der Waals surface area contributed by atoms with Gasteiger partial charge in [0.2, 0.25) is 10.0 Å². The van der Waals surface area contributed by atoms with Crippen LogP contribution >= 0.6 is 11.3 Å². The van der Waals surface area contributed by atoms with Crippen molar-refractivity contribution in [2.75, 3.05) is 32.8 Å². The van der Waals surface area contributed by atoms with Gasteiger partial charge in [-0.15, -0.1) is 11.3 Å². The molecular formula is C12H20N2O3S2. The van der Waals surface area contributed by atoms with Gasteiger partial charge in [-0.05, 0) is 38.1 Å². The molecule has 0 bridgehead atoms. The lowest BCUT2D eigenvalue weighted by Crippen LogP contribution is -2.33. The van der Waals surface area contributed by atoms with Crippen LogP contribution in [0.1, 0.15) is 17.7 Å². The van der Waals surface area contributed by atoms with Crippen molar-refractivity contribution in [2.24, 2.45) is 0 Å². The van der Waals surface area contributed by atoms with E-state index in [0.717, 1.165) is 24.5 Å². The first-order chi connectivity index (χ1) is 9.12. The van der Waals surface area contributed by atoms with Crippen LogP contribution < -0.4 is 4.72 Å². The van der Waals surface area contributed by atoms with Gasteiger partial charge < -0.3 is 10.0 Å². The largest absolute Gasteiger partial charge is 0.396 e. The number of sulfonamides is 1. The number of rotatable bonds is 7. The summed E-state index contributed by atoms with van der Waals surface area (Å²) < 4.78 is 27.1. The monoisotopic (exact) mass is 304 g/mol. The minimum atomic E-state index is -3.39. The van der Waals surface area contributed by atoms with E-state index in [1.165, 1.54) is 24.2 Å². The number of likely N-dealkylation sites (tertiary alicyclic amines) is 1. The van der Waals surface area contributed by atoms with Gasteiger partial charge >= 0.3 is 0 Å². The summed E-state index contributed by atoms with van der Waals surface area (Å²) in [6, 6.07) is 3.36. The zero-order valence-corrected chi connectivity index (χ0v) is 12.5. The van der Waals surface area contributed by atoms with Crippen molar-refractivity contribution in [3.63, 3.8) is 0 Å². The number of nitrogens with one attached hydrogen (secondary N) is 1. The van der Waals surface area contributed by atoms with Crippen LogP contribution in [0, 0.1) is 0 Å². The fourth-order valence-electron chi connectivity index (χ4n) is 2.16. The van der Waals surface area contributed by atoms with Crippen molar-refractivity contribution in [1.82, 2.24) is 9.62 Å². The van der Waals surface area contributed by atoms with Gasteiger partial charge in [0, 0.05) is 31.0 Å². The number of hydrogen-bond acceptors (Lipinski definition) is 5. The molecule has 1 aromatic heterocycles. The summed E-state index contributed by atoms with van der Waals surface area (Å²) in [7, 11) is -3.39. The molecule has 1 fully saturated rings. The Morgan fingerprint density at radius 3 is 2.74 bits per heavy atom. The SMILES string of the molecule is O=S(=O)(NCCN1CCCC1)c1ccc(CCO)s1. The molecule has 1 aromatic rings. The van der Waals surface area contributed by atoms with Crippen LogP contribution in [0.15, 0.2) is 16.3 Å². The molecule has 0 unspecified atom stereocenters. The molecule has 0 amide bonds. The molecule has 0 radical (unpaired) electrons. The summed E-state index contributed by atoms with van der Waals surface area (Å²) in [5, 5.41) is 8.83. The van der Waals surface area contributed by atoms with Gasteiger partial charge in [-0.25, -0.2) is 13.1 Å². The minimum Gasteiger partial charge on any atom is -0.396 e. The molecule has 1 aliphatic heterocycles. The third kappa shape index (κ3) is 4.25. The van der Waals surface area contributed by atoms with E-state index in [-0.39, 0.29) is 6.61 Å². The summed E-state index contributed by atoms with van der Waals surface area (Å²) in [6.45, 7) is 3.41. The lowest BCUT2D eigenvalue weighted by Gasteiger charge is -2.14. The van der Waals surface area contributed by atoms with E-state index in [4.69, 9.17) is 5.11 Å². The first-order valence-electron chi connectivity index (χ1n) is 6.53. The van der Waals surface area contributed by atoms with Crippen LogP contribution in [-0.4, -0.2) is 51.2 Å². The molecular weight excluding hydrogens is 284 g/mol. The predicted molar refractivity (Wildman–Crippen MR) is 76.0 cm³/mol. The molecule has 0 saturated carbocycles. The first kappa shape index (κ1) is 14.9. The van der Waals surface area contributed by atoms with Gasteiger partial charge in [-0.3, -0.25) is 0 Å². The summed E-state index contributed by atoms with van der Waals surface area (Å²) in [4.78, 5) is 3.16. The highest BCUT2D eigenvalue weighted by atomic mass is 32.2. The number of aliphatic hydroxyl groups is 1. The van der Waals surface area contributed by atoms with E-state index in [1.54, 1.807) is 12.1 Å². The standard InChI is InChI=1S/C12H20N2O3S2/c15-10-5-11-3-4-12(18-11)19(16,17)13-6-9-14-7-1-2-8-14/h3-4,13,15H,1-2,5-10H2. The molecule has 0 aliphatic carbocycles. The van der Waals surface area contributed by atoms with Crippen LogP contribution in [0.2, 0.25) is 0 Å². The van der Waals surface area contributed by atoms with E-state index in [1.807, 2.05) is 0 Å². The Bertz CT molecular complexity index is 493. The lowest BCUT2D eigenvalue weighted by atomic mass is 10.4. The van der Waals surface area contributed by atoms with Crippen molar-refractivity contribution in [1.29, 1.82) is 0 Å². The van der Waals surface area contributed by atoms with E-state index in [0.29, 0.717) is 17.2 Å². The predicted octanol–water partition coefficient (Wildman–Crippen LogP) is 0.657. The van der Waals surface area contributed by atoms with Crippen LogP contribution in [-0.2, 0) is 16.4 Å². The topological polar surface area (TPSA) is 69.6 Å². The Kier molecular flexibility index (Phi) is 5.35. The molecule has 108 valence electrons. The molecule has 2 N–H and O–H groups in total. The molecule has 2 rings (SSSR count). The Balaban J connectivity index is 1.85.